The molecule has 2 N–H and O–H groups in total. The maximum Gasteiger partial charge on any atom is 0.240 e. The molecule has 1 aromatic carbocycles. The first-order chi connectivity index (χ1) is 17.0. The maximum absolute atomic E-state index is 13.8. The Morgan fingerprint density at radius 3 is 2.60 bits per heavy atom. The van der Waals surface area contributed by atoms with Crippen molar-refractivity contribution in [3.8, 4) is 6.07 Å². The number of likely N-dealkylation sites (tertiary alicyclic amines) is 3. The topological polar surface area (TPSA) is 76.6 Å². The molecule has 1 aromatic rings. The molecule has 5 fully saturated rings. The summed E-state index contributed by atoms with van der Waals surface area (Å²) in [5.41, 5.74) is 8.52. The van der Waals surface area contributed by atoms with Crippen molar-refractivity contribution in [1.29, 1.82) is 5.26 Å². The van der Waals surface area contributed by atoms with Crippen molar-refractivity contribution in [2.75, 3.05) is 13.1 Å². The Morgan fingerprint density at radius 1 is 1.17 bits per heavy atom. The molecule has 7 heteroatoms. The van der Waals surface area contributed by atoms with Crippen LogP contribution in [-0.2, 0) is 4.79 Å². The molecule has 7 atom stereocenters. The van der Waals surface area contributed by atoms with Gasteiger partial charge in [0.15, 0.2) is 0 Å². The first kappa shape index (κ1) is 23.0. The van der Waals surface area contributed by atoms with Crippen LogP contribution in [0.5, 0.6) is 0 Å². The van der Waals surface area contributed by atoms with Crippen LogP contribution in [-0.4, -0.2) is 63.9 Å². The fourth-order valence-corrected chi connectivity index (χ4v) is 7.56. The number of benzene rings is 1. The molecule has 6 rings (SSSR count). The lowest BCUT2D eigenvalue weighted by Gasteiger charge is -2.44. The summed E-state index contributed by atoms with van der Waals surface area (Å²) >= 11 is 0. The summed E-state index contributed by atoms with van der Waals surface area (Å²) < 4.78 is 13.7. The van der Waals surface area contributed by atoms with E-state index in [0.717, 1.165) is 49.9 Å². The van der Waals surface area contributed by atoms with E-state index >= 15 is 0 Å². The number of fused-ring (bicyclic) bond motifs is 3. The Kier molecular flexibility index (Phi) is 5.85. The van der Waals surface area contributed by atoms with Gasteiger partial charge in [0.1, 0.15) is 11.9 Å². The highest BCUT2D eigenvalue weighted by Gasteiger charge is 2.55. The Labute approximate surface area is 207 Å². The third-order valence-electron chi connectivity index (χ3n) is 9.37. The number of carbonyl (C=O) groups excluding carboxylic acids is 1. The predicted octanol–water partition coefficient (Wildman–Crippen LogP) is 3.56. The molecule has 0 radical (unpaired) electrons. The number of nitrogens with two attached hydrogens (primary N) is 1. The number of nitriles is 1. The Morgan fingerprint density at radius 2 is 1.91 bits per heavy atom. The van der Waals surface area contributed by atoms with Gasteiger partial charge in [-0.2, -0.15) is 5.26 Å². The lowest BCUT2D eigenvalue weighted by Crippen LogP contribution is -2.55. The van der Waals surface area contributed by atoms with Gasteiger partial charge in [0.25, 0.3) is 0 Å². The summed E-state index contributed by atoms with van der Waals surface area (Å²) in [7, 11) is 0. The van der Waals surface area contributed by atoms with Crippen molar-refractivity contribution >= 4 is 5.91 Å². The molecule has 2 saturated carbocycles. The number of amides is 1. The van der Waals surface area contributed by atoms with E-state index in [-0.39, 0.29) is 41.9 Å². The minimum absolute atomic E-state index is 0.0250. The number of hydrogen-bond donors (Lipinski definition) is 1. The number of piperazine rings is 1. The molecular weight excluding hydrogens is 441 g/mol. The largest absolute Gasteiger partial charge is 0.355 e. The van der Waals surface area contributed by atoms with Gasteiger partial charge >= 0.3 is 0 Å². The van der Waals surface area contributed by atoms with Crippen LogP contribution in [0, 0.1) is 29.0 Å². The van der Waals surface area contributed by atoms with Gasteiger partial charge in [0.05, 0.1) is 24.2 Å². The van der Waals surface area contributed by atoms with E-state index in [9.17, 15) is 14.4 Å². The zero-order valence-electron chi connectivity index (χ0n) is 20.4. The van der Waals surface area contributed by atoms with Crippen molar-refractivity contribution in [1.82, 2.24) is 14.7 Å². The molecule has 3 saturated heterocycles. The molecule has 3 aliphatic heterocycles. The van der Waals surface area contributed by atoms with Crippen LogP contribution in [0.3, 0.4) is 0 Å². The molecule has 2 bridgehead atoms. The van der Waals surface area contributed by atoms with E-state index in [4.69, 9.17) is 5.73 Å². The number of halogens is 1. The third kappa shape index (κ3) is 3.95. The molecule has 0 spiro atoms. The molecule has 1 amide bonds. The number of carbonyl (C=O) groups is 1. The van der Waals surface area contributed by atoms with Crippen LogP contribution in [0.15, 0.2) is 36.5 Å². The average molecular weight is 478 g/mol. The normalized spacial score (nSPS) is 34.1. The van der Waals surface area contributed by atoms with Gasteiger partial charge in [-0.15, -0.1) is 0 Å². The zero-order valence-corrected chi connectivity index (χ0v) is 20.4. The smallest absolute Gasteiger partial charge is 0.240 e. The molecule has 35 heavy (non-hydrogen) atoms. The van der Waals surface area contributed by atoms with Crippen molar-refractivity contribution in [3.63, 3.8) is 0 Å². The number of piperidine rings is 1. The van der Waals surface area contributed by atoms with Crippen LogP contribution < -0.4 is 5.73 Å². The summed E-state index contributed by atoms with van der Waals surface area (Å²) in [5, 5.41) is 9.55. The van der Waals surface area contributed by atoms with E-state index in [1.165, 1.54) is 31.4 Å². The second kappa shape index (κ2) is 8.90. The van der Waals surface area contributed by atoms with Gasteiger partial charge in [-0.05, 0) is 61.6 Å². The van der Waals surface area contributed by atoms with Gasteiger partial charge in [0.2, 0.25) is 5.91 Å². The highest BCUT2D eigenvalue weighted by Crippen LogP contribution is 2.50. The van der Waals surface area contributed by atoms with Crippen LogP contribution >= 0.6 is 0 Å². The molecule has 5 aliphatic rings. The van der Waals surface area contributed by atoms with E-state index < -0.39 is 0 Å². The van der Waals surface area contributed by atoms with E-state index in [0.29, 0.717) is 24.4 Å². The Balaban J connectivity index is 1.16. The second-order valence-electron chi connectivity index (χ2n) is 11.4. The highest BCUT2D eigenvalue weighted by atomic mass is 19.1. The quantitative estimate of drug-likeness (QED) is 0.650. The van der Waals surface area contributed by atoms with Crippen molar-refractivity contribution < 1.29 is 9.18 Å². The van der Waals surface area contributed by atoms with Crippen molar-refractivity contribution in [2.24, 2.45) is 17.6 Å². The number of hydrogen-bond acceptors (Lipinski definition) is 5. The summed E-state index contributed by atoms with van der Waals surface area (Å²) in [6, 6.07) is 9.29. The molecule has 6 unspecified atom stereocenters. The monoisotopic (exact) mass is 477 g/mol. The van der Waals surface area contributed by atoms with Crippen molar-refractivity contribution in [3.05, 3.63) is 47.9 Å². The molecule has 3 heterocycles. The van der Waals surface area contributed by atoms with Gasteiger partial charge in [-0.25, -0.2) is 4.39 Å². The zero-order chi connectivity index (χ0) is 24.3. The number of nitrogens with zero attached hydrogens (tertiary/aromatic N) is 4. The average Bonchev–Trinajstić information content (AvgIpc) is 3.19. The van der Waals surface area contributed by atoms with Crippen LogP contribution in [0.1, 0.15) is 63.0 Å². The van der Waals surface area contributed by atoms with Crippen LogP contribution in [0.25, 0.3) is 0 Å². The van der Waals surface area contributed by atoms with Crippen LogP contribution in [0.2, 0.25) is 0 Å². The summed E-state index contributed by atoms with van der Waals surface area (Å²) in [4.78, 5) is 20.3. The third-order valence-corrected chi connectivity index (χ3v) is 9.37. The van der Waals surface area contributed by atoms with E-state index in [1.807, 2.05) is 12.1 Å². The first-order valence-electron chi connectivity index (χ1n) is 13.4. The molecule has 2 aliphatic carbocycles. The van der Waals surface area contributed by atoms with E-state index in [2.05, 4.69) is 27.3 Å². The fourth-order valence-electron chi connectivity index (χ4n) is 7.56. The summed E-state index contributed by atoms with van der Waals surface area (Å²) in [5.74, 6) is 1.000. The SMILES string of the molecule is C=C(C(N)CN1C[C@@H]2CC1C(=O)N2C(c1ccc(F)cc1)C1CCCCC1)N1C(C#N)CC2CC21. The molecule has 6 nitrogen and oxygen atoms in total. The van der Waals surface area contributed by atoms with E-state index in [1.54, 1.807) is 0 Å². The standard InChI is InChI=1S/C28H36FN5O/c1-17(33-22(14-30)11-20-12-25(20)33)24(31)16-32-15-23-13-26(32)28(35)34(23)27(18-5-3-2-4-6-18)19-7-9-21(29)10-8-19/h7-10,18,20,22-27H,1-6,11-13,15-16,31H2/t20?,22?,23-,24?,25?,26?,27?/m0/s1. The molecular formula is C28H36FN5O. The first-order valence-corrected chi connectivity index (χ1v) is 13.4. The fraction of sp³-hybridized carbons (Fsp3) is 0.643. The van der Waals surface area contributed by atoms with Crippen molar-refractivity contribution in [2.45, 2.75) is 87.6 Å². The Hall–Kier alpha value is -2.43. The lowest BCUT2D eigenvalue weighted by atomic mass is 9.80. The second-order valence-corrected chi connectivity index (χ2v) is 11.4. The van der Waals surface area contributed by atoms with Gasteiger partial charge in [0, 0.05) is 30.9 Å². The minimum Gasteiger partial charge on any atom is -0.355 e. The van der Waals surface area contributed by atoms with Gasteiger partial charge in [-0.1, -0.05) is 38.0 Å². The predicted molar refractivity (Wildman–Crippen MR) is 131 cm³/mol. The minimum atomic E-state index is -0.281. The maximum atomic E-state index is 13.8. The van der Waals surface area contributed by atoms with Gasteiger partial charge in [-0.3, -0.25) is 9.69 Å². The number of rotatable bonds is 7. The summed E-state index contributed by atoms with van der Waals surface area (Å²) in [6.07, 6.45) is 8.78. The van der Waals surface area contributed by atoms with Gasteiger partial charge < -0.3 is 15.5 Å². The molecule has 186 valence electrons. The highest BCUT2D eigenvalue weighted by molar-refractivity contribution is 5.86. The summed E-state index contributed by atoms with van der Waals surface area (Å²) in [6.45, 7) is 5.69. The Bertz CT molecular complexity index is 1030. The molecule has 0 aromatic heterocycles. The lowest BCUT2D eigenvalue weighted by molar-refractivity contribution is -0.141. The van der Waals surface area contributed by atoms with Crippen LogP contribution in [0.4, 0.5) is 4.39 Å².